The summed E-state index contributed by atoms with van der Waals surface area (Å²) in [5.41, 5.74) is 1.73. The highest BCUT2D eigenvalue weighted by molar-refractivity contribution is 6.51. The molecule has 0 aromatic heterocycles. The molecule has 1 fully saturated rings. The second-order valence-corrected chi connectivity index (χ2v) is 8.51. The minimum Gasteiger partial charge on any atom is -0.507 e. The molecule has 34 heavy (non-hydrogen) atoms. The molecule has 0 spiro atoms. The van der Waals surface area contributed by atoms with Crippen LogP contribution in [-0.2, 0) is 9.59 Å². The smallest absolute Gasteiger partial charge is 0.300 e. The van der Waals surface area contributed by atoms with Crippen molar-refractivity contribution in [2.45, 2.75) is 19.9 Å². The van der Waals surface area contributed by atoms with Crippen molar-refractivity contribution in [3.05, 3.63) is 95.6 Å². The molecule has 174 valence electrons. The van der Waals surface area contributed by atoms with Gasteiger partial charge in [-0.3, -0.25) is 14.5 Å². The maximum atomic E-state index is 13.2. The summed E-state index contributed by atoms with van der Waals surface area (Å²) in [7, 11) is 1.56. The van der Waals surface area contributed by atoms with Gasteiger partial charge in [-0.1, -0.05) is 44.2 Å². The van der Waals surface area contributed by atoms with E-state index in [2.05, 4.69) is 13.8 Å². The largest absolute Gasteiger partial charge is 0.507 e. The Bertz CT molecular complexity index is 1200. The summed E-state index contributed by atoms with van der Waals surface area (Å²) in [6.45, 7) is 4.70. The van der Waals surface area contributed by atoms with E-state index in [1.54, 1.807) is 55.6 Å². The van der Waals surface area contributed by atoms with Gasteiger partial charge in [0.25, 0.3) is 11.7 Å². The summed E-state index contributed by atoms with van der Waals surface area (Å²) in [6, 6.07) is 22.2. The molecule has 1 aliphatic heterocycles. The number of methoxy groups -OCH3 is 1. The highest BCUT2D eigenvalue weighted by Crippen LogP contribution is 2.42. The molecule has 1 heterocycles. The van der Waals surface area contributed by atoms with Crippen LogP contribution in [0.1, 0.15) is 31.0 Å². The first-order valence-electron chi connectivity index (χ1n) is 11.1. The molecule has 1 saturated heterocycles. The lowest BCUT2D eigenvalue weighted by atomic mass is 9.95. The fourth-order valence-corrected chi connectivity index (χ4v) is 3.92. The summed E-state index contributed by atoms with van der Waals surface area (Å²) in [5.74, 6) is 0.0335. The fraction of sp³-hybridized carbons (Fsp3) is 0.214. The topological polar surface area (TPSA) is 76.1 Å². The van der Waals surface area contributed by atoms with Gasteiger partial charge in [-0.2, -0.15) is 0 Å². The maximum Gasteiger partial charge on any atom is 0.300 e. The number of benzene rings is 3. The minimum absolute atomic E-state index is 0.0443. The summed E-state index contributed by atoms with van der Waals surface area (Å²) in [5, 5.41) is 11.2. The number of carbonyl (C=O) groups is 2. The van der Waals surface area contributed by atoms with Gasteiger partial charge in [0.1, 0.15) is 17.3 Å². The Morgan fingerprint density at radius 2 is 1.53 bits per heavy atom. The zero-order valence-corrected chi connectivity index (χ0v) is 19.4. The average molecular weight is 458 g/mol. The highest BCUT2D eigenvalue weighted by Gasteiger charge is 2.46. The van der Waals surface area contributed by atoms with E-state index in [-0.39, 0.29) is 11.3 Å². The zero-order chi connectivity index (χ0) is 24.2. The summed E-state index contributed by atoms with van der Waals surface area (Å²) >= 11 is 0. The van der Waals surface area contributed by atoms with E-state index in [0.717, 1.165) is 5.56 Å². The van der Waals surface area contributed by atoms with Gasteiger partial charge < -0.3 is 14.6 Å². The number of ether oxygens (including phenoxy) is 2. The molecule has 6 heteroatoms. The van der Waals surface area contributed by atoms with E-state index in [0.29, 0.717) is 35.3 Å². The maximum absolute atomic E-state index is 13.2. The van der Waals surface area contributed by atoms with E-state index < -0.39 is 17.7 Å². The molecule has 0 aliphatic carbocycles. The van der Waals surface area contributed by atoms with Gasteiger partial charge in [0.05, 0.1) is 25.3 Å². The van der Waals surface area contributed by atoms with Crippen LogP contribution in [0.15, 0.2) is 84.4 Å². The predicted molar refractivity (Wildman–Crippen MR) is 131 cm³/mol. The Hall–Kier alpha value is -4.06. The van der Waals surface area contributed by atoms with Crippen molar-refractivity contribution < 1.29 is 24.2 Å². The first kappa shape index (κ1) is 23.1. The monoisotopic (exact) mass is 457 g/mol. The van der Waals surface area contributed by atoms with Crippen molar-refractivity contribution in [3.8, 4) is 11.5 Å². The average Bonchev–Trinajstić information content (AvgIpc) is 3.13. The van der Waals surface area contributed by atoms with Crippen LogP contribution >= 0.6 is 0 Å². The predicted octanol–water partition coefficient (Wildman–Crippen LogP) is 5.36. The molecule has 1 amide bonds. The van der Waals surface area contributed by atoms with Crippen molar-refractivity contribution in [2.24, 2.45) is 5.92 Å². The molecule has 1 atom stereocenters. The summed E-state index contributed by atoms with van der Waals surface area (Å²) in [6.07, 6.45) is 0. The van der Waals surface area contributed by atoms with Gasteiger partial charge in [0.15, 0.2) is 0 Å². The third-order valence-corrected chi connectivity index (χ3v) is 5.62. The number of nitrogens with zero attached hydrogens (tertiary/aromatic N) is 1. The highest BCUT2D eigenvalue weighted by atomic mass is 16.5. The number of rotatable bonds is 7. The molecular formula is C28H27NO5. The van der Waals surface area contributed by atoms with Crippen LogP contribution in [0.3, 0.4) is 0 Å². The number of hydrogen-bond donors (Lipinski definition) is 1. The van der Waals surface area contributed by atoms with Gasteiger partial charge in [0.2, 0.25) is 0 Å². The molecule has 6 nitrogen and oxygen atoms in total. The number of anilines is 1. The lowest BCUT2D eigenvalue weighted by molar-refractivity contribution is -0.132. The number of ketones is 1. The minimum atomic E-state index is -0.772. The van der Waals surface area contributed by atoms with Crippen molar-refractivity contribution in [2.75, 3.05) is 18.6 Å². The van der Waals surface area contributed by atoms with E-state index in [1.165, 1.54) is 4.90 Å². The Morgan fingerprint density at radius 3 is 2.12 bits per heavy atom. The van der Waals surface area contributed by atoms with Crippen LogP contribution in [0.2, 0.25) is 0 Å². The summed E-state index contributed by atoms with van der Waals surface area (Å²) in [4.78, 5) is 27.8. The number of amides is 1. The third-order valence-electron chi connectivity index (χ3n) is 5.62. The van der Waals surface area contributed by atoms with Gasteiger partial charge in [-0.05, 0) is 60.0 Å². The van der Waals surface area contributed by atoms with Crippen LogP contribution < -0.4 is 14.4 Å². The van der Waals surface area contributed by atoms with E-state index >= 15 is 0 Å². The second kappa shape index (κ2) is 9.83. The van der Waals surface area contributed by atoms with E-state index in [4.69, 9.17) is 9.47 Å². The molecule has 0 radical (unpaired) electrons. The summed E-state index contributed by atoms with van der Waals surface area (Å²) < 4.78 is 10.9. The fourth-order valence-electron chi connectivity index (χ4n) is 3.92. The zero-order valence-electron chi connectivity index (χ0n) is 19.4. The molecule has 1 unspecified atom stereocenters. The number of Topliss-reactive ketones (excluding diaryl/α,β-unsaturated/α-hetero) is 1. The molecular weight excluding hydrogens is 430 g/mol. The van der Waals surface area contributed by atoms with Gasteiger partial charge >= 0.3 is 0 Å². The first-order valence-corrected chi connectivity index (χ1v) is 11.1. The van der Waals surface area contributed by atoms with Gasteiger partial charge in [-0.25, -0.2) is 0 Å². The van der Waals surface area contributed by atoms with Crippen molar-refractivity contribution in [3.63, 3.8) is 0 Å². The lowest BCUT2D eigenvalue weighted by Crippen LogP contribution is -2.29. The van der Waals surface area contributed by atoms with Crippen LogP contribution in [-0.4, -0.2) is 30.5 Å². The standard InChI is InChI=1S/C28H27NO5/c1-18(2)17-34-23-13-9-20(10-14-23)26(30)24-25(19-7-5-4-6-8-19)29(28(32)27(24)31)21-11-15-22(33-3)16-12-21/h4-16,18,25,30H,17H2,1-3H3/b26-24+. The molecule has 3 aromatic carbocycles. The molecule has 1 aliphatic rings. The Morgan fingerprint density at radius 1 is 0.912 bits per heavy atom. The van der Waals surface area contributed by atoms with Crippen LogP contribution in [0.4, 0.5) is 5.69 Å². The van der Waals surface area contributed by atoms with Gasteiger partial charge in [0, 0.05) is 11.3 Å². The number of aliphatic hydroxyl groups is 1. The Labute approximate surface area is 199 Å². The Kier molecular flexibility index (Phi) is 6.68. The number of aliphatic hydroxyl groups excluding tert-OH is 1. The molecule has 1 N–H and O–H groups in total. The Balaban J connectivity index is 1.79. The SMILES string of the molecule is COc1ccc(N2C(=O)C(=O)/C(=C(/O)c3ccc(OCC(C)C)cc3)C2c2ccccc2)cc1. The van der Waals surface area contributed by atoms with Crippen molar-refractivity contribution in [1.29, 1.82) is 0 Å². The number of carbonyl (C=O) groups excluding carboxylic acids is 2. The van der Waals surface area contributed by atoms with Crippen LogP contribution in [0.25, 0.3) is 5.76 Å². The van der Waals surface area contributed by atoms with Crippen LogP contribution in [0.5, 0.6) is 11.5 Å². The van der Waals surface area contributed by atoms with Crippen LogP contribution in [0, 0.1) is 5.92 Å². The molecule has 0 bridgehead atoms. The lowest BCUT2D eigenvalue weighted by Gasteiger charge is -2.25. The quantitative estimate of drug-likeness (QED) is 0.294. The first-order chi connectivity index (χ1) is 16.4. The number of hydrogen-bond acceptors (Lipinski definition) is 5. The second-order valence-electron chi connectivity index (χ2n) is 8.51. The molecule has 0 saturated carbocycles. The van der Waals surface area contributed by atoms with E-state index in [9.17, 15) is 14.7 Å². The third kappa shape index (κ3) is 4.53. The molecule has 4 rings (SSSR count). The van der Waals surface area contributed by atoms with Crippen molar-refractivity contribution >= 4 is 23.1 Å². The van der Waals surface area contributed by atoms with E-state index in [1.807, 2.05) is 30.3 Å². The molecule has 3 aromatic rings. The van der Waals surface area contributed by atoms with Crippen molar-refractivity contribution in [1.82, 2.24) is 0 Å². The normalized spacial score (nSPS) is 17.3. The van der Waals surface area contributed by atoms with Gasteiger partial charge in [-0.15, -0.1) is 0 Å².